The van der Waals surface area contributed by atoms with Crippen LogP contribution in [0.25, 0.3) is 11.3 Å². The Morgan fingerprint density at radius 3 is 2.90 bits per heavy atom. The largest absolute Gasteiger partial charge is 0.383 e. The van der Waals surface area contributed by atoms with Crippen LogP contribution in [0.3, 0.4) is 0 Å². The van der Waals surface area contributed by atoms with Crippen LogP contribution in [-0.2, 0) is 17.6 Å². The van der Waals surface area contributed by atoms with Crippen molar-refractivity contribution in [3.05, 3.63) is 47.4 Å². The summed E-state index contributed by atoms with van der Waals surface area (Å²) in [5.74, 6) is -0.255. The van der Waals surface area contributed by atoms with Crippen molar-refractivity contribution >= 4 is 12.1 Å². The molecule has 2 aromatic rings. The Morgan fingerprint density at radius 1 is 1.33 bits per heavy atom. The molecular weight excluding hydrogens is 269 g/mol. The first-order valence-corrected chi connectivity index (χ1v) is 6.97. The van der Waals surface area contributed by atoms with Gasteiger partial charge < -0.3 is 10.6 Å². The summed E-state index contributed by atoms with van der Waals surface area (Å²) < 4.78 is 13.1. The molecule has 5 heteroatoms. The third kappa shape index (κ3) is 2.86. The minimum absolute atomic E-state index is 0.255. The lowest BCUT2D eigenvalue weighted by molar-refractivity contribution is -0.109. The molecule has 1 aliphatic heterocycles. The molecular formula is C16H16FN3O. The highest BCUT2D eigenvalue weighted by Crippen LogP contribution is 2.33. The molecule has 0 atom stereocenters. The van der Waals surface area contributed by atoms with Gasteiger partial charge in [-0.05, 0) is 42.3 Å². The van der Waals surface area contributed by atoms with Gasteiger partial charge in [0.1, 0.15) is 5.82 Å². The second-order valence-electron chi connectivity index (χ2n) is 5.00. The third-order valence-electron chi connectivity index (χ3n) is 3.58. The van der Waals surface area contributed by atoms with E-state index in [2.05, 4.69) is 21.7 Å². The second kappa shape index (κ2) is 5.91. The molecule has 21 heavy (non-hydrogen) atoms. The van der Waals surface area contributed by atoms with Crippen molar-refractivity contribution in [1.29, 1.82) is 0 Å². The number of benzene rings is 1. The number of nitrogens with one attached hydrogen (secondary N) is 2. The minimum atomic E-state index is -0.255. The van der Waals surface area contributed by atoms with E-state index in [-0.39, 0.29) is 5.82 Å². The van der Waals surface area contributed by atoms with Crippen LogP contribution in [0, 0.1) is 5.82 Å². The van der Waals surface area contributed by atoms with Crippen molar-refractivity contribution in [1.82, 2.24) is 10.3 Å². The molecule has 1 aliphatic rings. The first kappa shape index (κ1) is 13.5. The fraction of sp³-hybridized carbons (Fsp3) is 0.250. The van der Waals surface area contributed by atoms with Gasteiger partial charge in [0.15, 0.2) is 0 Å². The molecule has 0 fully saturated rings. The molecule has 1 amide bonds. The molecule has 3 rings (SSSR count). The highest BCUT2D eigenvalue weighted by molar-refractivity contribution is 5.78. The van der Waals surface area contributed by atoms with E-state index in [9.17, 15) is 9.18 Å². The molecule has 1 aromatic carbocycles. The lowest BCUT2D eigenvalue weighted by atomic mass is 10.0. The number of halogens is 1. The molecule has 2 N–H and O–H groups in total. The molecule has 0 saturated heterocycles. The Hall–Kier alpha value is -2.43. The number of rotatable bonds is 5. The molecule has 0 saturated carbocycles. The number of anilines is 1. The van der Waals surface area contributed by atoms with E-state index < -0.39 is 0 Å². The summed E-state index contributed by atoms with van der Waals surface area (Å²) in [7, 11) is 0. The number of carbonyl (C=O) groups excluding carboxylic acids is 1. The molecule has 1 aromatic heterocycles. The zero-order valence-electron chi connectivity index (χ0n) is 11.5. The van der Waals surface area contributed by atoms with E-state index in [1.807, 2.05) is 0 Å². The summed E-state index contributed by atoms with van der Waals surface area (Å²) >= 11 is 0. The van der Waals surface area contributed by atoms with Gasteiger partial charge in [-0.25, -0.2) is 4.39 Å². The lowest BCUT2D eigenvalue weighted by Crippen LogP contribution is -2.15. The molecule has 0 bridgehead atoms. The lowest BCUT2D eigenvalue weighted by Gasteiger charge is -2.11. The van der Waals surface area contributed by atoms with Gasteiger partial charge in [-0.2, -0.15) is 0 Å². The Kier molecular flexibility index (Phi) is 3.81. The quantitative estimate of drug-likeness (QED) is 0.654. The second-order valence-corrected chi connectivity index (χ2v) is 5.00. The number of hydrogen-bond donors (Lipinski definition) is 2. The topological polar surface area (TPSA) is 54.0 Å². The number of amides is 1. The van der Waals surface area contributed by atoms with E-state index in [1.54, 1.807) is 12.1 Å². The number of fused-ring (bicyclic) bond motifs is 1. The summed E-state index contributed by atoms with van der Waals surface area (Å²) in [5.41, 5.74) is 4.95. The third-order valence-corrected chi connectivity index (χ3v) is 3.58. The van der Waals surface area contributed by atoms with Crippen molar-refractivity contribution in [3.8, 4) is 11.3 Å². The zero-order chi connectivity index (χ0) is 14.7. The van der Waals surface area contributed by atoms with Gasteiger partial charge in [-0.1, -0.05) is 0 Å². The van der Waals surface area contributed by atoms with Gasteiger partial charge in [0, 0.05) is 30.8 Å². The van der Waals surface area contributed by atoms with Crippen LogP contribution in [0.15, 0.2) is 30.3 Å². The van der Waals surface area contributed by atoms with E-state index in [0.717, 1.165) is 35.6 Å². The predicted molar refractivity (Wildman–Crippen MR) is 79.6 cm³/mol. The summed E-state index contributed by atoms with van der Waals surface area (Å²) in [5, 5.41) is 5.99. The number of aromatic nitrogens is 1. The van der Waals surface area contributed by atoms with Crippen molar-refractivity contribution in [2.24, 2.45) is 0 Å². The van der Waals surface area contributed by atoms with Crippen LogP contribution in [0.1, 0.15) is 11.3 Å². The number of carbonyl (C=O) groups is 1. The van der Waals surface area contributed by atoms with Gasteiger partial charge in [-0.3, -0.25) is 9.78 Å². The van der Waals surface area contributed by atoms with E-state index >= 15 is 0 Å². The van der Waals surface area contributed by atoms with Crippen LogP contribution in [0.2, 0.25) is 0 Å². The monoisotopic (exact) mass is 285 g/mol. The Labute approximate surface area is 122 Å². The summed E-state index contributed by atoms with van der Waals surface area (Å²) in [6.07, 6.45) is 2.33. The van der Waals surface area contributed by atoms with Gasteiger partial charge in [-0.15, -0.1) is 0 Å². The van der Waals surface area contributed by atoms with Gasteiger partial charge in [0.2, 0.25) is 6.41 Å². The normalized spacial score (nSPS) is 12.6. The first-order chi connectivity index (χ1) is 10.3. The fourth-order valence-electron chi connectivity index (χ4n) is 2.58. The summed E-state index contributed by atoms with van der Waals surface area (Å²) in [4.78, 5) is 15.0. The van der Waals surface area contributed by atoms with Crippen molar-refractivity contribution < 1.29 is 9.18 Å². The molecule has 0 radical (unpaired) electrons. The maximum atomic E-state index is 13.1. The highest BCUT2D eigenvalue weighted by atomic mass is 19.1. The Morgan fingerprint density at radius 2 is 2.14 bits per heavy atom. The van der Waals surface area contributed by atoms with Crippen LogP contribution in [0.4, 0.5) is 10.1 Å². The zero-order valence-corrected chi connectivity index (χ0v) is 11.5. The van der Waals surface area contributed by atoms with E-state index in [4.69, 9.17) is 0 Å². The number of hydrogen-bond acceptors (Lipinski definition) is 3. The average molecular weight is 285 g/mol. The Bertz CT molecular complexity index is 655. The fourth-order valence-corrected chi connectivity index (χ4v) is 2.58. The van der Waals surface area contributed by atoms with Gasteiger partial charge in [0.25, 0.3) is 0 Å². The van der Waals surface area contributed by atoms with Crippen LogP contribution in [0.5, 0.6) is 0 Å². The molecule has 0 unspecified atom stereocenters. The summed E-state index contributed by atoms with van der Waals surface area (Å²) in [6, 6.07) is 8.45. The van der Waals surface area contributed by atoms with Crippen molar-refractivity contribution in [2.45, 2.75) is 12.8 Å². The van der Waals surface area contributed by atoms with Crippen LogP contribution in [-0.4, -0.2) is 24.5 Å². The van der Waals surface area contributed by atoms with E-state index in [0.29, 0.717) is 19.4 Å². The minimum Gasteiger partial charge on any atom is -0.383 e. The SMILES string of the molecule is O=CNCCc1cc2c(c(-c3ccc(F)cc3)n1)NCC2. The molecule has 0 spiro atoms. The number of pyridine rings is 1. The molecule has 4 nitrogen and oxygen atoms in total. The maximum absolute atomic E-state index is 13.1. The Balaban J connectivity index is 1.97. The first-order valence-electron chi connectivity index (χ1n) is 6.97. The standard InChI is InChI=1S/C16H16FN3O/c17-13-3-1-11(2-4-13)16-15-12(5-8-19-15)9-14(20-16)6-7-18-10-21/h1-4,9-10,19H,5-8H2,(H,18,21). The predicted octanol–water partition coefficient (Wildman–Crippen LogP) is 2.14. The van der Waals surface area contributed by atoms with Crippen LogP contribution >= 0.6 is 0 Å². The molecule has 2 heterocycles. The summed E-state index contributed by atoms with van der Waals surface area (Å²) in [6.45, 7) is 1.45. The van der Waals surface area contributed by atoms with Gasteiger partial charge in [0.05, 0.1) is 11.4 Å². The highest BCUT2D eigenvalue weighted by Gasteiger charge is 2.18. The van der Waals surface area contributed by atoms with Crippen molar-refractivity contribution in [2.75, 3.05) is 18.4 Å². The smallest absolute Gasteiger partial charge is 0.207 e. The number of nitrogens with zero attached hydrogens (tertiary/aromatic N) is 1. The maximum Gasteiger partial charge on any atom is 0.207 e. The molecule has 0 aliphatic carbocycles. The molecule has 108 valence electrons. The van der Waals surface area contributed by atoms with Crippen LogP contribution < -0.4 is 10.6 Å². The van der Waals surface area contributed by atoms with Crippen molar-refractivity contribution in [3.63, 3.8) is 0 Å². The van der Waals surface area contributed by atoms with E-state index in [1.165, 1.54) is 17.7 Å². The average Bonchev–Trinajstić information content (AvgIpc) is 2.96. The van der Waals surface area contributed by atoms with Gasteiger partial charge >= 0.3 is 0 Å².